The van der Waals surface area contributed by atoms with Crippen LogP contribution < -0.4 is 4.74 Å². The molecule has 1 saturated heterocycles. The van der Waals surface area contributed by atoms with Gasteiger partial charge in [0.15, 0.2) is 0 Å². The number of carbonyl (C=O) groups is 1. The van der Waals surface area contributed by atoms with Gasteiger partial charge in [-0.1, -0.05) is 13.0 Å². The number of amides is 1. The standard InChI is InChI=1S/C28H28F3N5O4S2/c1-4-25-23(15-32-36(25)27-33-24(17-41-27)19-8-10-21(40-3)11-9-19)26(37)34-12-13-35(18(2)16-34)42(38,39)22-7-5-6-20(14-22)28(29,30)31/h5-11,14-15,17-18H,4,12-13,16H2,1-3H3. The zero-order valence-electron chi connectivity index (χ0n) is 23.0. The zero-order chi connectivity index (χ0) is 30.2. The van der Waals surface area contributed by atoms with Crippen LogP contribution in [0.2, 0.25) is 0 Å². The predicted molar refractivity (Wildman–Crippen MR) is 151 cm³/mol. The van der Waals surface area contributed by atoms with Gasteiger partial charge in [-0.25, -0.2) is 18.1 Å². The highest BCUT2D eigenvalue weighted by atomic mass is 32.2. The van der Waals surface area contributed by atoms with E-state index in [0.717, 1.165) is 39.5 Å². The molecule has 0 bridgehead atoms. The third-order valence-corrected chi connectivity index (χ3v) is 9.94. The van der Waals surface area contributed by atoms with Crippen LogP contribution in [0.15, 0.2) is 65.0 Å². The number of methoxy groups -OCH3 is 1. The van der Waals surface area contributed by atoms with Gasteiger partial charge in [0.2, 0.25) is 15.2 Å². The van der Waals surface area contributed by atoms with Crippen molar-refractivity contribution in [3.05, 3.63) is 76.9 Å². The molecule has 222 valence electrons. The molecule has 2 aromatic heterocycles. The van der Waals surface area contributed by atoms with Crippen LogP contribution in [0.5, 0.6) is 5.75 Å². The van der Waals surface area contributed by atoms with Gasteiger partial charge in [0.05, 0.1) is 40.7 Å². The van der Waals surface area contributed by atoms with Crippen LogP contribution in [0.25, 0.3) is 16.4 Å². The second-order valence-corrected chi connectivity index (χ2v) is 12.5. The molecule has 0 N–H and O–H groups in total. The quantitative estimate of drug-likeness (QED) is 0.285. The number of hydrogen-bond acceptors (Lipinski definition) is 7. The average Bonchev–Trinajstić information content (AvgIpc) is 3.63. The van der Waals surface area contributed by atoms with E-state index in [0.29, 0.717) is 28.9 Å². The normalized spacial score (nSPS) is 16.5. The van der Waals surface area contributed by atoms with Gasteiger partial charge in [-0.05, 0) is 55.8 Å². The van der Waals surface area contributed by atoms with Gasteiger partial charge >= 0.3 is 6.18 Å². The maximum atomic E-state index is 13.6. The molecular formula is C28H28F3N5O4S2. The molecule has 3 heterocycles. The van der Waals surface area contributed by atoms with Crippen molar-refractivity contribution in [1.29, 1.82) is 0 Å². The number of sulfonamides is 1. The van der Waals surface area contributed by atoms with Crippen LogP contribution in [0.4, 0.5) is 13.2 Å². The summed E-state index contributed by atoms with van der Waals surface area (Å²) in [6.45, 7) is 3.63. The van der Waals surface area contributed by atoms with E-state index >= 15 is 0 Å². The molecule has 0 spiro atoms. The lowest BCUT2D eigenvalue weighted by atomic mass is 10.1. The Bertz CT molecular complexity index is 1700. The van der Waals surface area contributed by atoms with E-state index < -0.39 is 32.7 Å². The molecule has 2 aromatic carbocycles. The Morgan fingerprint density at radius 1 is 1.14 bits per heavy atom. The van der Waals surface area contributed by atoms with Crippen LogP contribution in [0, 0.1) is 0 Å². The number of alkyl halides is 3. The Morgan fingerprint density at radius 2 is 1.88 bits per heavy atom. The first-order valence-corrected chi connectivity index (χ1v) is 15.4. The first-order valence-electron chi connectivity index (χ1n) is 13.1. The maximum absolute atomic E-state index is 13.6. The van der Waals surface area contributed by atoms with E-state index in [1.165, 1.54) is 17.5 Å². The van der Waals surface area contributed by atoms with Crippen LogP contribution in [0.3, 0.4) is 0 Å². The number of halogens is 3. The number of ether oxygens (including phenoxy) is 1. The summed E-state index contributed by atoms with van der Waals surface area (Å²) in [5, 5.41) is 6.95. The summed E-state index contributed by atoms with van der Waals surface area (Å²) in [5.41, 5.74) is 1.69. The summed E-state index contributed by atoms with van der Waals surface area (Å²) in [5.74, 6) is 0.439. The van der Waals surface area contributed by atoms with Crippen molar-refractivity contribution in [2.45, 2.75) is 37.4 Å². The number of hydrogen-bond donors (Lipinski definition) is 0. The largest absolute Gasteiger partial charge is 0.497 e. The minimum atomic E-state index is -4.67. The highest BCUT2D eigenvalue weighted by Crippen LogP contribution is 2.32. The maximum Gasteiger partial charge on any atom is 0.416 e. The van der Waals surface area contributed by atoms with Crippen molar-refractivity contribution >= 4 is 27.3 Å². The van der Waals surface area contributed by atoms with Crippen LogP contribution in [0.1, 0.15) is 35.5 Å². The smallest absolute Gasteiger partial charge is 0.416 e. The van der Waals surface area contributed by atoms with Crippen molar-refractivity contribution in [2.24, 2.45) is 0 Å². The van der Waals surface area contributed by atoms with Crippen molar-refractivity contribution in [2.75, 3.05) is 26.7 Å². The molecule has 0 radical (unpaired) electrons. The lowest BCUT2D eigenvalue weighted by Gasteiger charge is -2.39. The summed E-state index contributed by atoms with van der Waals surface area (Å²) >= 11 is 1.39. The molecule has 1 aliphatic heterocycles. The number of benzene rings is 2. The highest BCUT2D eigenvalue weighted by Gasteiger charge is 2.38. The Labute approximate surface area is 245 Å². The molecule has 9 nitrogen and oxygen atoms in total. The van der Waals surface area contributed by atoms with Crippen molar-refractivity contribution in [3.8, 4) is 22.1 Å². The monoisotopic (exact) mass is 619 g/mol. The first kappa shape index (κ1) is 29.7. The van der Waals surface area contributed by atoms with Crippen LogP contribution >= 0.6 is 11.3 Å². The molecule has 0 saturated carbocycles. The lowest BCUT2D eigenvalue weighted by molar-refractivity contribution is -0.137. The molecule has 1 unspecified atom stereocenters. The predicted octanol–water partition coefficient (Wildman–Crippen LogP) is 5.12. The fourth-order valence-corrected chi connectivity index (χ4v) is 7.41. The molecule has 1 fully saturated rings. The number of carbonyl (C=O) groups excluding carboxylic acids is 1. The van der Waals surface area contributed by atoms with E-state index in [-0.39, 0.29) is 25.5 Å². The number of piperazine rings is 1. The van der Waals surface area contributed by atoms with Gasteiger partial charge in [0.1, 0.15) is 5.75 Å². The van der Waals surface area contributed by atoms with Gasteiger partial charge in [-0.2, -0.15) is 22.6 Å². The summed E-state index contributed by atoms with van der Waals surface area (Å²) in [6, 6.07) is 10.5. The van der Waals surface area contributed by atoms with Crippen LogP contribution in [-0.2, 0) is 22.6 Å². The molecule has 1 atom stereocenters. The Kier molecular flexibility index (Phi) is 8.14. The average molecular weight is 620 g/mol. The molecular weight excluding hydrogens is 591 g/mol. The van der Waals surface area contributed by atoms with Crippen LogP contribution in [-0.4, -0.2) is 71.1 Å². The van der Waals surface area contributed by atoms with Gasteiger partial charge in [-0.3, -0.25) is 4.79 Å². The van der Waals surface area contributed by atoms with Gasteiger partial charge in [0, 0.05) is 36.6 Å². The number of aromatic nitrogens is 3. The van der Waals surface area contributed by atoms with Gasteiger partial charge in [0.25, 0.3) is 5.91 Å². The summed E-state index contributed by atoms with van der Waals surface area (Å²) in [7, 11) is -2.61. The third kappa shape index (κ3) is 5.65. The topological polar surface area (TPSA) is 97.6 Å². The number of thiazole rings is 1. The SMILES string of the molecule is CCc1c(C(=O)N2CCN(S(=O)(=O)c3cccc(C(F)(F)F)c3)C(C)C2)cnn1-c1nc(-c2ccc(OC)cc2)cs1. The molecule has 1 amide bonds. The number of rotatable bonds is 7. The summed E-state index contributed by atoms with van der Waals surface area (Å²) < 4.78 is 74.1. The third-order valence-electron chi connectivity index (χ3n) is 7.11. The molecule has 42 heavy (non-hydrogen) atoms. The fourth-order valence-electron chi connectivity index (χ4n) is 4.93. The highest BCUT2D eigenvalue weighted by molar-refractivity contribution is 7.89. The van der Waals surface area contributed by atoms with Gasteiger partial charge in [-0.15, -0.1) is 11.3 Å². The second kappa shape index (κ2) is 11.5. The second-order valence-electron chi connectivity index (χ2n) is 9.76. The fraction of sp³-hybridized carbons (Fsp3) is 0.321. The summed E-state index contributed by atoms with van der Waals surface area (Å²) in [4.78, 5) is 19.4. The first-order chi connectivity index (χ1) is 19.9. The van der Waals surface area contributed by atoms with E-state index in [1.807, 2.05) is 36.6 Å². The summed E-state index contributed by atoms with van der Waals surface area (Å²) in [6.07, 6.45) is -2.68. The van der Waals surface area contributed by atoms with E-state index in [9.17, 15) is 26.4 Å². The van der Waals surface area contributed by atoms with Crippen molar-refractivity contribution in [1.82, 2.24) is 24.0 Å². The van der Waals surface area contributed by atoms with E-state index in [1.54, 1.807) is 23.6 Å². The molecule has 1 aliphatic rings. The lowest BCUT2D eigenvalue weighted by Crippen LogP contribution is -2.55. The Hall–Kier alpha value is -3.75. The number of nitrogens with zero attached hydrogens (tertiary/aromatic N) is 5. The van der Waals surface area contributed by atoms with Gasteiger partial charge < -0.3 is 9.64 Å². The van der Waals surface area contributed by atoms with Crippen molar-refractivity contribution in [3.63, 3.8) is 0 Å². The Balaban J connectivity index is 1.33. The molecule has 14 heteroatoms. The van der Waals surface area contributed by atoms with E-state index in [4.69, 9.17) is 9.72 Å². The molecule has 4 aromatic rings. The minimum Gasteiger partial charge on any atom is -0.497 e. The molecule has 0 aliphatic carbocycles. The van der Waals surface area contributed by atoms with Crippen molar-refractivity contribution < 1.29 is 31.1 Å². The Morgan fingerprint density at radius 3 is 2.52 bits per heavy atom. The zero-order valence-corrected chi connectivity index (χ0v) is 24.6. The minimum absolute atomic E-state index is 0.0568. The van der Waals surface area contributed by atoms with E-state index in [2.05, 4.69) is 5.10 Å². The molecule has 5 rings (SSSR count).